The zero-order valence-corrected chi connectivity index (χ0v) is 13.3. The Labute approximate surface area is 132 Å². The molecule has 110 valence electrons. The van der Waals surface area contributed by atoms with Crippen LogP contribution in [0.15, 0.2) is 28.7 Å². The molecule has 2 amide bonds. The van der Waals surface area contributed by atoms with Crippen molar-refractivity contribution in [2.75, 3.05) is 25.0 Å². The van der Waals surface area contributed by atoms with Crippen molar-refractivity contribution in [2.45, 2.75) is 12.8 Å². The number of carbonyl (C=O) groups is 2. The van der Waals surface area contributed by atoms with Crippen LogP contribution in [-0.2, 0) is 9.59 Å². The fraction of sp³-hybridized carbons (Fsp3) is 0.400. The number of hydrogen-bond donors (Lipinski definition) is 0. The Morgan fingerprint density at radius 1 is 1.57 bits per heavy atom. The van der Waals surface area contributed by atoms with E-state index in [-0.39, 0.29) is 24.2 Å². The summed E-state index contributed by atoms with van der Waals surface area (Å²) in [7, 11) is 1.67. The molecule has 1 aromatic rings. The highest BCUT2D eigenvalue weighted by molar-refractivity contribution is 9.10. The molecule has 1 aliphatic rings. The zero-order valence-electron chi connectivity index (χ0n) is 11.8. The monoisotopic (exact) mass is 349 g/mol. The van der Waals surface area contributed by atoms with Crippen LogP contribution in [0.25, 0.3) is 0 Å². The van der Waals surface area contributed by atoms with Crippen LogP contribution in [0.3, 0.4) is 0 Å². The number of anilines is 1. The summed E-state index contributed by atoms with van der Waals surface area (Å²) in [6, 6.07) is 9.49. The van der Waals surface area contributed by atoms with Gasteiger partial charge >= 0.3 is 0 Å². The summed E-state index contributed by atoms with van der Waals surface area (Å²) in [5, 5.41) is 8.57. The smallest absolute Gasteiger partial charge is 0.227 e. The second-order valence-corrected chi connectivity index (χ2v) is 5.97. The van der Waals surface area contributed by atoms with Gasteiger partial charge in [-0.05, 0) is 18.2 Å². The standard InChI is InChI=1S/C15H16BrN3O2/c1-18(7-3-6-17)15(21)11-8-14(20)19(10-11)13-5-2-4-12(16)9-13/h2,4-5,9,11H,3,7-8,10H2,1H3. The predicted octanol–water partition coefficient (Wildman–Crippen LogP) is 2.17. The van der Waals surface area contributed by atoms with Gasteiger partial charge in [-0.1, -0.05) is 22.0 Å². The van der Waals surface area contributed by atoms with E-state index >= 15 is 0 Å². The number of amides is 2. The Morgan fingerprint density at radius 2 is 2.33 bits per heavy atom. The van der Waals surface area contributed by atoms with Crippen LogP contribution < -0.4 is 4.90 Å². The number of nitrogens with zero attached hydrogens (tertiary/aromatic N) is 3. The lowest BCUT2D eigenvalue weighted by molar-refractivity contribution is -0.134. The molecule has 21 heavy (non-hydrogen) atoms. The van der Waals surface area contributed by atoms with Gasteiger partial charge in [0.2, 0.25) is 11.8 Å². The molecule has 1 heterocycles. The molecular formula is C15H16BrN3O2. The summed E-state index contributed by atoms with van der Waals surface area (Å²) in [4.78, 5) is 27.6. The molecule has 0 spiro atoms. The second-order valence-electron chi connectivity index (χ2n) is 5.05. The molecule has 6 heteroatoms. The van der Waals surface area contributed by atoms with Crippen molar-refractivity contribution in [3.8, 4) is 6.07 Å². The highest BCUT2D eigenvalue weighted by Crippen LogP contribution is 2.28. The topological polar surface area (TPSA) is 64.4 Å². The van der Waals surface area contributed by atoms with Gasteiger partial charge in [-0.3, -0.25) is 9.59 Å². The molecule has 1 fully saturated rings. The molecule has 0 saturated carbocycles. The van der Waals surface area contributed by atoms with E-state index in [4.69, 9.17) is 5.26 Å². The summed E-state index contributed by atoms with van der Waals surface area (Å²) >= 11 is 3.38. The van der Waals surface area contributed by atoms with E-state index in [1.54, 1.807) is 11.9 Å². The van der Waals surface area contributed by atoms with Crippen LogP contribution in [-0.4, -0.2) is 36.9 Å². The lowest BCUT2D eigenvalue weighted by Gasteiger charge is -2.20. The highest BCUT2D eigenvalue weighted by atomic mass is 79.9. The first-order valence-electron chi connectivity index (χ1n) is 6.70. The van der Waals surface area contributed by atoms with Gasteiger partial charge in [-0.2, -0.15) is 5.26 Å². The third kappa shape index (κ3) is 3.61. The van der Waals surface area contributed by atoms with Gasteiger partial charge in [0.05, 0.1) is 18.4 Å². The van der Waals surface area contributed by atoms with Gasteiger partial charge in [-0.25, -0.2) is 0 Å². The summed E-state index contributed by atoms with van der Waals surface area (Å²) < 4.78 is 0.897. The Bertz CT molecular complexity index is 597. The number of rotatable bonds is 4. The SMILES string of the molecule is CN(CCC#N)C(=O)C1CC(=O)N(c2cccc(Br)c2)C1. The van der Waals surface area contributed by atoms with Crippen LogP contribution in [0, 0.1) is 17.2 Å². The van der Waals surface area contributed by atoms with E-state index in [1.807, 2.05) is 30.3 Å². The van der Waals surface area contributed by atoms with Gasteiger partial charge in [0.1, 0.15) is 0 Å². The zero-order chi connectivity index (χ0) is 15.4. The van der Waals surface area contributed by atoms with Crippen LogP contribution in [0.4, 0.5) is 5.69 Å². The van der Waals surface area contributed by atoms with Crippen molar-refractivity contribution in [3.05, 3.63) is 28.7 Å². The second kappa shape index (κ2) is 6.72. The third-order valence-electron chi connectivity index (χ3n) is 3.53. The largest absolute Gasteiger partial charge is 0.344 e. The third-order valence-corrected chi connectivity index (χ3v) is 4.02. The average molecular weight is 350 g/mol. The van der Waals surface area contributed by atoms with Crippen molar-refractivity contribution in [2.24, 2.45) is 5.92 Å². The molecule has 1 aliphatic heterocycles. The van der Waals surface area contributed by atoms with Crippen LogP contribution in [0.2, 0.25) is 0 Å². The lowest BCUT2D eigenvalue weighted by Crippen LogP contribution is -2.35. The number of hydrogen-bond acceptors (Lipinski definition) is 3. The summed E-state index contributed by atoms with van der Waals surface area (Å²) in [5.41, 5.74) is 0.796. The first-order valence-corrected chi connectivity index (χ1v) is 7.50. The van der Waals surface area contributed by atoms with Crippen molar-refractivity contribution < 1.29 is 9.59 Å². The number of carbonyl (C=O) groups excluding carboxylic acids is 2. The minimum Gasteiger partial charge on any atom is -0.344 e. The molecular weight excluding hydrogens is 334 g/mol. The first kappa shape index (κ1) is 15.5. The van der Waals surface area contributed by atoms with Gasteiger partial charge < -0.3 is 9.80 Å². The fourth-order valence-electron chi connectivity index (χ4n) is 2.41. The molecule has 0 aliphatic carbocycles. The molecule has 2 rings (SSSR count). The van der Waals surface area contributed by atoms with Crippen molar-refractivity contribution in [1.29, 1.82) is 5.26 Å². The minimum absolute atomic E-state index is 0.0415. The predicted molar refractivity (Wildman–Crippen MR) is 82.5 cm³/mol. The maximum atomic E-state index is 12.3. The van der Waals surface area contributed by atoms with E-state index < -0.39 is 0 Å². The minimum atomic E-state index is -0.333. The van der Waals surface area contributed by atoms with Crippen molar-refractivity contribution >= 4 is 33.4 Å². The number of halogens is 1. The molecule has 1 atom stereocenters. The maximum absolute atomic E-state index is 12.3. The van der Waals surface area contributed by atoms with Gasteiger partial charge in [0, 0.05) is 36.7 Å². The summed E-state index contributed by atoms with van der Waals surface area (Å²) in [6.45, 7) is 0.794. The normalized spacial score (nSPS) is 17.7. The molecule has 0 bridgehead atoms. The van der Waals surface area contributed by atoms with Crippen LogP contribution >= 0.6 is 15.9 Å². The van der Waals surface area contributed by atoms with E-state index in [0.717, 1.165) is 10.2 Å². The molecule has 0 radical (unpaired) electrons. The molecule has 1 unspecified atom stereocenters. The Hall–Kier alpha value is -1.87. The van der Waals surface area contributed by atoms with E-state index in [9.17, 15) is 9.59 Å². The Morgan fingerprint density at radius 3 is 3.00 bits per heavy atom. The molecule has 1 aromatic carbocycles. The Balaban J connectivity index is 2.06. The Kier molecular flexibility index (Phi) is 4.97. The maximum Gasteiger partial charge on any atom is 0.227 e. The fourth-order valence-corrected chi connectivity index (χ4v) is 2.79. The van der Waals surface area contributed by atoms with Crippen molar-refractivity contribution in [1.82, 2.24) is 4.90 Å². The van der Waals surface area contributed by atoms with Gasteiger partial charge in [-0.15, -0.1) is 0 Å². The van der Waals surface area contributed by atoms with E-state index in [0.29, 0.717) is 19.5 Å². The molecule has 0 N–H and O–H groups in total. The van der Waals surface area contributed by atoms with Crippen LogP contribution in [0.1, 0.15) is 12.8 Å². The van der Waals surface area contributed by atoms with Gasteiger partial charge in [0.15, 0.2) is 0 Å². The van der Waals surface area contributed by atoms with E-state index in [2.05, 4.69) is 15.9 Å². The lowest BCUT2D eigenvalue weighted by atomic mass is 10.1. The molecule has 1 saturated heterocycles. The average Bonchev–Trinajstić information content (AvgIpc) is 2.86. The summed E-state index contributed by atoms with van der Waals surface area (Å²) in [5.74, 6) is -0.448. The van der Waals surface area contributed by atoms with Gasteiger partial charge in [0.25, 0.3) is 0 Å². The highest BCUT2D eigenvalue weighted by Gasteiger charge is 2.36. The molecule has 5 nitrogen and oxygen atoms in total. The molecule has 0 aromatic heterocycles. The first-order chi connectivity index (χ1) is 10.0. The quantitative estimate of drug-likeness (QED) is 0.836. The summed E-state index contributed by atoms with van der Waals surface area (Å²) in [6.07, 6.45) is 0.528. The number of benzene rings is 1. The van der Waals surface area contributed by atoms with Crippen molar-refractivity contribution in [3.63, 3.8) is 0 Å². The number of nitriles is 1. The van der Waals surface area contributed by atoms with E-state index in [1.165, 1.54) is 4.90 Å². The van der Waals surface area contributed by atoms with Crippen LogP contribution in [0.5, 0.6) is 0 Å².